The standard InChI is InChI=1S/C22H27N5O2/c1-2-15-29-20-8-6-18(7-9-20)17-25-22(28)27-12-4-11-26(13-14-27)21-19(16-23)5-3-10-24-21/h3,5-10H,2,4,11-15,17H2,1H3,(H,25,28). The van der Waals surface area contributed by atoms with Gasteiger partial charge in [0.2, 0.25) is 0 Å². The first-order chi connectivity index (χ1) is 14.2. The molecule has 1 aliphatic rings. The molecule has 0 bridgehead atoms. The van der Waals surface area contributed by atoms with E-state index in [1.54, 1.807) is 18.3 Å². The lowest BCUT2D eigenvalue weighted by Gasteiger charge is -2.23. The molecule has 1 saturated heterocycles. The fourth-order valence-electron chi connectivity index (χ4n) is 3.28. The van der Waals surface area contributed by atoms with E-state index in [9.17, 15) is 10.1 Å². The van der Waals surface area contributed by atoms with E-state index >= 15 is 0 Å². The van der Waals surface area contributed by atoms with Gasteiger partial charge in [-0.2, -0.15) is 5.26 Å². The van der Waals surface area contributed by atoms with Crippen LogP contribution < -0.4 is 15.0 Å². The van der Waals surface area contributed by atoms with Gasteiger partial charge in [0.15, 0.2) is 0 Å². The third kappa shape index (κ3) is 5.61. The number of anilines is 1. The number of aromatic nitrogens is 1. The number of hydrogen-bond acceptors (Lipinski definition) is 5. The monoisotopic (exact) mass is 393 g/mol. The molecule has 1 aliphatic heterocycles. The molecule has 2 aromatic rings. The van der Waals surface area contributed by atoms with Crippen molar-refractivity contribution in [1.29, 1.82) is 5.26 Å². The van der Waals surface area contributed by atoms with Crippen molar-refractivity contribution in [1.82, 2.24) is 15.2 Å². The molecule has 2 amide bonds. The van der Waals surface area contributed by atoms with Gasteiger partial charge in [0.25, 0.3) is 0 Å². The van der Waals surface area contributed by atoms with E-state index in [1.807, 2.05) is 29.2 Å². The van der Waals surface area contributed by atoms with Crippen molar-refractivity contribution < 1.29 is 9.53 Å². The van der Waals surface area contributed by atoms with Crippen molar-refractivity contribution in [3.8, 4) is 11.8 Å². The maximum atomic E-state index is 12.6. The van der Waals surface area contributed by atoms with Crippen LogP contribution in [0.5, 0.6) is 5.75 Å². The van der Waals surface area contributed by atoms with Gasteiger partial charge in [0.1, 0.15) is 17.6 Å². The molecule has 1 aromatic heterocycles. The normalized spacial score (nSPS) is 14.1. The van der Waals surface area contributed by atoms with Crippen LogP contribution in [0.2, 0.25) is 0 Å². The Labute approximate surface area is 171 Å². The Bertz CT molecular complexity index is 847. The quantitative estimate of drug-likeness (QED) is 0.815. The average molecular weight is 393 g/mol. The minimum Gasteiger partial charge on any atom is -0.494 e. The lowest BCUT2D eigenvalue weighted by molar-refractivity contribution is 0.201. The number of pyridine rings is 1. The van der Waals surface area contributed by atoms with Crippen LogP contribution in [0.4, 0.5) is 10.6 Å². The smallest absolute Gasteiger partial charge is 0.317 e. The zero-order valence-corrected chi connectivity index (χ0v) is 16.8. The number of ether oxygens (including phenoxy) is 1. The number of amides is 2. The molecule has 0 unspecified atom stereocenters. The molecule has 3 rings (SSSR count). The summed E-state index contributed by atoms with van der Waals surface area (Å²) in [6.07, 6.45) is 3.51. The Hall–Kier alpha value is -3.27. The molecule has 1 aromatic carbocycles. The Kier molecular flexibility index (Phi) is 7.28. The summed E-state index contributed by atoms with van der Waals surface area (Å²) in [7, 11) is 0. The highest BCUT2D eigenvalue weighted by Gasteiger charge is 2.21. The Balaban J connectivity index is 1.51. The number of urea groups is 1. The molecule has 7 nitrogen and oxygen atoms in total. The van der Waals surface area contributed by atoms with Crippen LogP contribution in [0.3, 0.4) is 0 Å². The second-order valence-electron chi connectivity index (χ2n) is 6.97. The highest BCUT2D eigenvalue weighted by atomic mass is 16.5. The van der Waals surface area contributed by atoms with Gasteiger partial charge in [-0.15, -0.1) is 0 Å². The van der Waals surface area contributed by atoms with Crippen molar-refractivity contribution in [3.05, 3.63) is 53.7 Å². The Morgan fingerprint density at radius 1 is 1.21 bits per heavy atom. The minimum absolute atomic E-state index is 0.0697. The van der Waals surface area contributed by atoms with Crippen LogP contribution in [-0.2, 0) is 6.54 Å². The van der Waals surface area contributed by atoms with E-state index in [2.05, 4.69) is 28.2 Å². The largest absolute Gasteiger partial charge is 0.494 e. The third-order valence-corrected chi connectivity index (χ3v) is 4.83. The third-order valence-electron chi connectivity index (χ3n) is 4.83. The predicted molar refractivity (Wildman–Crippen MR) is 112 cm³/mol. The molecule has 0 atom stereocenters. The summed E-state index contributed by atoms with van der Waals surface area (Å²) in [6, 6.07) is 13.5. The predicted octanol–water partition coefficient (Wildman–Crippen LogP) is 3.16. The molecule has 0 spiro atoms. The van der Waals surface area contributed by atoms with Crippen LogP contribution >= 0.6 is 0 Å². The molecule has 152 valence electrons. The van der Waals surface area contributed by atoms with Gasteiger partial charge in [-0.3, -0.25) is 0 Å². The SMILES string of the molecule is CCCOc1ccc(CNC(=O)N2CCCN(c3ncccc3C#N)CC2)cc1. The van der Waals surface area contributed by atoms with E-state index < -0.39 is 0 Å². The van der Waals surface area contributed by atoms with Crippen molar-refractivity contribution in [3.63, 3.8) is 0 Å². The van der Waals surface area contributed by atoms with E-state index in [0.29, 0.717) is 44.2 Å². The zero-order chi connectivity index (χ0) is 20.5. The fourth-order valence-corrected chi connectivity index (χ4v) is 3.28. The summed E-state index contributed by atoms with van der Waals surface area (Å²) in [5.41, 5.74) is 1.60. The number of benzene rings is 1. The molecule has 1 N–H and O–H groups in total. The Morgan fingerprint density at radius 2 is 2.03 bits per heavy atom. The number of nitrogens with zero attached hydrogens (tertiary/aromatic N) is 4. The van der Waals surface area contributed by atoms with Crippen molar-refractivity contribution in [2.45, 2.75) is 26.3 Å². The summed E-state index contributed by atoms with van der Waals surface area (Å²) < 4.78 is 5.58. The summed E-state index contributed by atoms with van der Waals surface area (Å²) in [5, 5.41) is 12.3. The van der Waals surface area contributed by atoms with E-state index in [1.165, 1.54) is 0 Å². The second-order valence-corrected chi connectivity index (χ2v) is 6.97. The van der Waals surface area contributed by atoms with Crippen molar-refractivity contribution in [2.24, 2.45) is 0 Å². The molecular weight excluding hydrogens is 366 g/mol. The van der Waals surface area contributed by atoms with Crippen LogP contribution in [0.1, 0.15) is 30.9 Å². The van der Waals surface area contributed by atoms with Crippen molar-refractivity contribution >= 4 is 11.8 Å². The van der Waals surface area contributed by atoms with Gasteiger partial charge in [-0.05, 0) is 42.7 Å². The second kappa shape index (κ2) is 10.3. The van der Waals surface area contributed by atoms with Gasteiger partial charge in [0, 0.05) is 38.9 Å². The summed E-state index contributed by atoms with van der Waals surface area (Å²) in [6.45, 7) is 5.96. The molecule has 0 aliphatic carbocycles. The first-order valence-corrected chi connectivity index (χ1v) is 10.1. The van der Waals surface area contributed by atoms with Gasteiger partial charge < -0.3 is 19.9 Å². The molecule has 29 heavy (non-hydrogen) atoms. The molecule has 1 fully saturated rings. The number of hydrogen-bond donors (Lipinski definition) is 1. The minimum atomic E-state index is -0.0697. The van der Waals surface area contributed by atoms with Gasteiger partial charge >= 0.3 is 6.03 Å². The maximum Gasteiger partial charge on any atom is 0.317 e. The van der Waals surface area contributed by atoms with E-state index in [4.69, 9.17) is 4.74 Å². The molecule has 0 saturated carbocycles. The first kappa shape index (κ1) is 20.5. The summed E-state index contributed by atoms with van der Waals surface area (Å²) in [5.74, 6) is 1.54. The molecular formula is C22H27N5O2. The summed E-state index contributed by atoms with van der Waals surface area (Å²) in [4.78, 5) is 20.9. The summed E-state index contributed by atoms with van der Waals surface area (Å²) >= 11 is 0. The van der Waals surface area contributed by atoms with Crippen LogP contribution in [-0.4, -0.2) is 48.7 Å². The highest BCUT2D eigenvalue weighted by molar-refractivity contribution is 5.74. The lowest BCUT2D eigenvalue weighted by Crippen LogP contribution is -2.41. The Morgan fingerprint density at radius 3 is 2.79 bits per heavy atom. The highest BCUT2D eigenvalue weighted by Crippen LogP contribution is 2.18. The zero-order valence-electron chi connectivity index (χ0n) is 16.8. The molecule has 0 radical (unpaired) electrons. The number of carbonyl (C=O) groups is 1. The number of carbonyl (C=O) groups excluding carboxylic acids is 1. The number of nitriles is 1. The van der Waals surface area contributed by atoms with E-state index in [-0.39, 0.29) is 6.03 Å². The number of nitrogens with one attached hydrogen (secondary N) is 1. The van der Waals surface area contributed by atoms with Crippen LogP contribution in [0, 0.1) is 11.3 Å². The topological polar surface area (TPSA) is 81.5 Å². The number of rotatable bonds is 6. The van der Waals surface area contributed by atoms with Crippen molar-refractivity contribution in [2.75, 3.05) is 37.7 Å². The maximum absolute atomic E-state index is 12.6. The van der Waals surface area contributed by atoms with Gasteiger partial charge in [-0.1, -0.05) is 19.1 Å². The van der Waals surface area contributed by atoms with Crippen LogP contribution in [0.25, 0.3) is 0 Å². The lowest BCUT2D eigenvalue weighted by atomic mass is 10.2. The van der Waals surface area contributed by atoms with Gasteiger partial charge in [-0.25, -0.2) is 9.78 Å². The average Bonchev–Trinajstić information content (AvgIpc) is 3.03. The fraction of sp³-hybridized carbons (Fsp3) is 0.409. The first-order valence-electron chi connectivity index (χ1n) is 10.1. The van der Waals surface area contributed by atoms with Crippen LogP contribution in [0.15, 0.2) is 42.6 Å². The van der Waals surface area contributed by atoms with Gasteiger partial charge in [0.05, 0.1) is 12.2 Å². The molecule has 2 heterocycles. The molecule has 7 heteroatoms. The van der Waals surface area contributed by atoms with E-state index in [0.717, 1.165) is 30.7 Å².